The maximum Gasteiger partial charge on any atom is 0.222 e. The molecule has 0 unspecified atom stereocenters. The molecule has 0 aliphatic heterocycles. The molecule has 0 aromatic heterocycles. The zero-order valence-electron chi connectivity index (χ0n) is 8.81. The number of rotatable bonds is 7. The third-order valence-electron chi connectivity index (χ3n) is 1.68. The Morgan fingerprint density at radius 3 is 2.31 bits per heavy atom. The van der Waals surface area contributed by atoms with Crippen LogP contribution in [0.3, 0.4) is 0 Å². The predicted octanol–water partition coefficient (Wildman–Crippen LogP) is -0.432. The van der Waals surface area contributed by atoms with E-state index < -0.39 is 0 Å². The van der Waals surface area contributed by atoms with Crippen LogP contribution in [0, 0.1) is 5.92 Å². The van der Waals surface area contributed by atoms with E-state index in [9.17, 15) is 4.79 Å². The van der Waals surface area contributed by atoms with Crippen LogP contribution < -0.4 is 16.0 Å². The number of amides is 1. The molecule has 0 aliphatic rings. The van der Waals surface area contributed by atoms with Crippen molar-refractivity contribution in [1.82, 2.24) is 16.0 Å². The molecule has 4 heteroatoms. The summed E-state index contributed by atoms with van der Waals surface area (Å²) in [4.78, 5) is 11.1. The summed E-state index contributed by atoms with van der Waals surface area (Å²) in [7, 11) is 1.92. The second kappa shape index (κ2) is 8.01. The van der Waals surface area contributed by atoms with Gasteiger partial charge in [0.25, 0.3) is 0 Å². The first-order valence-corrected chi connectivity index (χ1v) is 4.81. The topological polar surface area (TPSA) is 53.2 Å². The number of carbonyl (C=O) groups excluding carboxylic acids is 1. The van der Waals surface area contributed by atoms with Gasteiger partial charge in [0, 0.05) is 32.1 Å². The first-order valence-electron chi connectivity index (χ1n) is 4.81. The van der Waals surface area contributed by atoms with E-state index in [0.717, 1.165) is 19.6 Å². The summed E-state index contributed by atoms with van der Waals surface area (Å²) >= 11 is 0. The molecule has 0 bridgehead atoms. The molecule has 3 N–H and O–H groups in total. The minimum Gasteiger partial charge on any atom is -0.355 e. The van der Waals surface area contributed by atoms with Crippen LogP contribution in [0.2, 0.25) is 0 Å². The highest BCUT2D eigenvalue weighted by molar-refractivity contribution is 5.77. The normalized spacial score (nSPS) is 10.5. The summed E-state index contributed by atoms with van der Waals surface area (Å²) in [6.07, 6.45) is 0. The molecule has 0 radical (unpaired) electrons. The van der Waals surface area contributed by atoms with E-state index in [1.165, 1.54) is 0 Å². The quantitative estimate of drug-likeness (QED) is 0.474. The number of nitrogens with one attached hydrogen (secondary N) is 3. The molecular formula is C9H21N3O. The van der Waals surface area contributed by atoms with E-state index in [1.807, 2.05) is 20.9 Å². The third kappa shape index (κ3) is 7.74. The van der Waals surface area contributed by atoms with Crippen LogP contribution in [-0.2, 0) is 4.79 Å². The minimum atomic E-state index is 0.0808. The van der Waals surface area contributed by atoms with Crippen LogP contribution in [0.15, 0.2) is 0 Å². The molecule has 0 aliphatic carbocycles. The highest BCUT2D eigenvalue weighted by atomic mass is 16.1. The first kappa shape index (κ1) is 12.4. The molecule has 78 valence electrons. The molecule has 0 aromatic carbocycles. The van der Waals surface area contributed by atoms with Gasteiger partial charge in [0.05, 0.1) is 0 Å². The molecule has 0 heterocycles. The highest BCUT2D eigenvalue weighted by Gasteiger charge is 2.03. The summed E-state index contributed by atoms with van der Waals surface area (Å²) < 4.78 is 0. The zero-order valence-corrected chi connectivity index (χ0v) is 8.81. The molecule has 0 fully saturated rings. The third-order valence-corrected chi connectivity index (χ3v) is 1.68. The molecular weight excluding hydrogens is 166 g/mol. The van der Waals surface area contributed by atoms with Gasteiger partial charge in [-0.2, -0.15) is 0 Å². The van der Waals surface area contributed by atoms with E-state index in [0.29, 0.717) is 6.54 Å². The largest absolute Gasteiger partial charge is 0.355 e. The monoisotopic (exact) mass is 187 g/mol. The Morgan fingerprint density at radius 1 is 1.15 bits per heavy atom. The lowest BCUT2D eigenvalue weighted by Gasteiger charge is -2.08. The van der Waals surface area contributed by atoms with Crippen molar-refractivity contribution >= 4 is 5.91 Å². The average molecular weight is 187 g/mol. The molecule has 4 nitrogen and oxygen atoms in total. The summed E-state index contributed by atoms with van der Waals surface area (Å²) in [6.45, 7) is 7.22. The van der Waals surface area contributed by atoms with E-state index in [2.05, 4.69) is 16.0 Å². The molecule has 0 saturated carbocycles. The molecule has 0 saturated heterocycles. The predicted molar refractivity (Wildman–Crippen MR) is 54.6 cm³/mol. The van der Waals surface area contributed by atoms with Crippen molar-refractivity contribution in [3.63, 3.8) is 0 Å². The van der Waals surface area contributed by atoms with Crippen LogP contribution in [-0.4, -0.2) is 39.1 Å². The smallest absolute Gasteiger partial charge is 0.222 e. The van der Waals surface area contributed by atoms with Crippen LogP contribution in [0.1, 0.15) is 13.8 Å². The Kier molecular flexibility index (Phi) is 7.63. The second-order valence-corrected chi connectivity index (χ2v) is 3.30. The number of hydrogen-bond donors (Lipinski definition) is 3. The fourth-order valence-corrected chi connectivity index (χ4v) is 0.817. The van der Waals surface area contributed by atoms with Crippen molar-refractivity contribution in [2.75, 3.05) is 33.2 Å². The summed E-state index contributed by atoms with van der Waals surface area (Å²) in [5.41, 5.74) is 0. The van der Waals surface area contributed by atoms with E-state index in [1.54, 1.807) is 0 Å². The maximum absolute atomic E-state index is 11.1. The second-order valence-electron chi connectivity index (χ2n) is 3.30. The van der Waals surface area contributed by atoms with Gasteiger partial charge in [0.2, 0.25) is 5.91 Å². The van der Waals surface area contributed by atoms with Crippen molar-refractivity contribution in [3.8, 4) is 0 Å². The Bertz CT molecular complexity index is 137. The van der Waals surface area contributed by atoms with Crippen molar-refractivity contribution in [2.45, 2.75) is 13.8 Å². The van der Waals surface area contributed by atoms with Gasteiger partial charge in [0.1, 0.15) is 0 Å². The average Bonchev–Trinajstić information content (AvgIpc) is 2.10. The number of carbonyl (C=O) groups is 1. The summed E-state index contributed by atoms with van der Waals surface area (Å²) in [5, 5.41) is 9.08. The van der Waals surface area contributed by atoms with Gasteiger partial charge in [-0.15, -0.1) is 0 Å². The lowest BCUT2D eigenvalue weighted by atomic mass is 10.2. The van der Waals surface area contributed by atoms with Crippen LogP contribution >= 0.6 is 0 Å². The fourth-order valence-electron chi connectivity index (χ4n) is 0.817. The van der Waals surface area contributed by atoms with Crippen molar-refractivity contribution in [2.24, 2.45) is 5.92 Å². The highest BCUT2D eigenvalue weighted by Crippen LogP contribution is 1.88. The number of likely N-dealkylation sites (N-methyl/N-ethyl adjacent to an activating group) is 1. The SMILES string of the molecule is CNCCNCCNC(=O)C(C)C. The molecule has 13 heavy (non-hydrogen) atoms. The van der Waals surface area contributed by atoms with Gasteiger partial charge in [-0.1, -0.05) is 13.8 Å². The molecule has 0 aromatic rings. The Balaban J connectivity index is 3.12. The van der Waals surface area contributed by atoms with Crippen molar-refractivity contribution < 1.29 is 4.79 Å². The Morgan fingerprint density at radius 2 is 1.77 bits per heavy atom. The summed E-state index contributed by atoms with van der Waals surface area (Å²) in [6, 6.07) is 0. The van der Waals surface area contributed by atoms with Crippen molar-refractivity contribution in [1.29, 1.82) is 0 Å². The maximum atomic E-state index is 11.1. The first-order chi connectivity index (χ1) is 6.18. The van der Waals surface area contributed by atoms with E-state index >= 15 is 0 Å². The van der Waals surface area contributed by atoms with Crippen LogP contribution in [0.5, 0.6) is 0 Å². The van der Waals surface area contributed by atoms with Gasteiger partial charge in [-0.05, 0) is 7.05 Å². The van der Waals surface area contributed by atoms with Crippen LogP contribution in [0.4, 0.5) is 0 Å². The van der Waals surface area contributed by atoms with Gasteiger partial charge >= 0.3 is 0 Å². The van der Waals surface area contributed by atoms with Crippen LogP contribution in [0.25, 0.3) is 0 Å². The molecule has 0 rings (SSSR count). The van der Waals surface area contributed by atoms with Gasteiger partial charge in [0.15, 0.2) is 0 Å². The lowest BCUT2D eigenvalue weighted by molar-refractivity contribution is -0.123. The van der Waals surface area contributed by atoms with Gasteiger partial charge < -0.3 is 16.0 Å². The Hall–Kier alpha value is -0.610. The Labute approximate surface area is 80.5 Å². The van der Waals surface area contributed by atoms with E-state index in [-0.39, 0.29) is 11.8 Å². The van der Waals surface area contributed by atoms with Gasteiger partial charge in [-0.3, -0.25) is 4.79 Å². The zero-order chi connectivity index (χ0) is 10.1. The number of hydrogen-bond acceptors (Lipinski definition) is 3. The van der Waals surface area contributed by atoms with Gasteiger partial charge in [-0.25, -0.2) is 0 Å². The molecule has 0 atom stereocenters. The molecule has 0 spiro atoms. The molecule has 1 amide bonds. The van der Waals surface area contributed by atoms with Crippen molar-refractivity contribution in [3.05, 3.63) is 0 Å². The fraction of sp³-hybridized carbons (Fsp3) is 0.889. The summed E-state index contributed by atoms with van der Waals surface area (Å²) in [5.74, 6) is 0.202. The van der Waals surface area contributed by atoms with E-state index in [4.69, 9.17) is 0 Å². The minimum absolute atomic E-state index is 0.0808. The lowest BCUT2D eigenvalue weighted by Crippen LogP contribution is -2.36. The standard InChI is InChI=1S/C9H21N3O/c1-8(2)9(13)12-7-6-11-5-4-10-3/h8,10-11H,4-7H2,1-3H3,(H,12,13).